The molecule has 2 aromatic rings. The molecule has 2 fully saturated rings. The van der Waals surface area contributed by atoms with Crippen molar-refractivity contribution in [2.24, 2.45) is 0 Å². The monoisotopic (exact) mass is 462 g/mol. The molecular weight excluding hydrogens is 431 g/mol. The lowest BCUT2D eigenvalue weighted by molar-refractivity contribution is -0.120. The number of carbonyl (C=O) groups is 1. The summed E-state index contributed by atoms with van der Waals surface area (Å²) in [7, 11) is 0. The first kappa shape index (κ1) is 24.1. The third-order valence-electron chi connectivity index (χ3n) is 6.42. The molecule has 168 valence electrons. The van der Waals surface area contributed by atoms with Crippen molar-refractivity contribution in [1.29, 1.82) is 0 Å². The fourth-order valence-electron chi connectivity index (χ4n) is 4.90. The molecule has 1 aliphatic carbocycles. The maximum absolute atomic E-state index is 13.4. The first-order valence-corrected chi connectivity index (χ1v) is 11.4. The van der Waals surface area contributed by atoms with E-state index >= 15 is 0 Å². The lowest BCUT2D eigenvalue weighted by Gasteiger charge is -2.43. The van der Waals surface area contributed by atoms with Crippen LogP contribution in [0.25, 0.3) is 0 Å². The van der Waals surface area contributed by atoms with Crippen LogP contribution in [0.2, 0.25) is 5.02 Å². The largest absolute Gasteiger partial charge is 0.375 e. The van der Waals surface area contributed by atoms with Gasteiger partial charge in [-0.3, -0.25) is 4.79 Å². The van der Waals surface area contributed by atoms with Crippen molar-refractivity contribution in [3.05, 3.63) is 64.7 Å². The highest BCUT2D eigenvalue weighted by atomic mass is 35.5. The molecular formula is C25H32Cl2N2O2. The summed E-state index contributed by atoms with van der Waals surface area (Å²) in [6, 6.07) is 16.2. The molecule has 1 amide bonds. The first-order valence-electron chi connectivity index (χ1n) is 11.0. The maximum Gasteiger partial charge on any atom is 0.241 e. The van der Waals surface area contributed by atoms with E-state index in [0.29, 0.717) is 18.1 Å². The van der Waals surface area contributed by atoms with Crippen molar-refractivity contribution in [2.75, 3.05) is 18.1 Å². The molecule has 4 nitrogen and oxygen atoms in total. The van der Waals surface area contributed by atoms with Crippen molar-refractivity contribution < 1.29 is 9.53 Å². The van der Waals surface area contributed by atoms with Gasteiger partial charge in [0.1, 0.15) is 0 Å². The number of benzene rings is 2. The highest BCUT2D eigenvalue weighted by Crippen LogP contribution is 2.42. The third-order valence-corrected chi connectivity index (χ3v) is 6.66. The number of rotatable bonds is 6. The molecule has 2 aliphatic rings. The summed E-state index contributed by atoms with van der Waals surface area (Å²) in [5.41, 5.74) is 3.23. The van der Waals surface area contributed by atoms with Crippen LogP contribution in [0.5, 0.6) is 0 Å². The Morgan fingerprint density at radius 1 is 1.19 bits per heavy atom. The smallest absolute Gasteiger partial charge is 0.241 e. The minimum Gasteiger partial charge on any atom is -0.375 e. The molecule has 6 heteroatoms. The molecule has 1 heterocycles. The van der Waals surface area contributed by atoms with E-state index in [2.05, 4.69) is 36.5 Å². The minimum absolute atomic E-state index is 0. The van der Waals surface area contributed by atoms with Crippen molar-refractivity contribution in [2.45, 2.75) is 63.6 Å². The Kier molecular flexibility index (Phi) is 8.40. The Morgan fingerprint density at radius 2 is 1.94 bits per heavy atom. The van der Waals surface area contributed by atoms with Gasteiger partial charge in [-0.2, -0.15) is 0 Å². The molecule has 0 radical (unpaired) electrons. The van der Waals surface area contributed by atoms with Crippen LogP contribution in [-0.2, 0) is 16.1 Å². The summed E-state index contributed by atoms with van der Waals surface area (Å²) in [6.45, 7) is 3.72. The summed E-state index contributed by atoms with van der Waals surface area (Å²) in [6.07, 6.45) is 6.51. The van der Waals surface area contributed by atoms with Gasteiger partial charge in [-0.15, -0.1) is 12.4 Å². The summed E-state index contributed by atoms with van der Waals surface area (Å²) >= 11 is 6.08. The molecule has 1 atom stereocenters. The standard InChI is InChI=1S/C25H31ClN2O2.ClH/c1-19-7-9-22(10-8-19)28(23-11-14-30-25(16-23)12-2-3-13-25)24(29)18-27-17-20-5-4-6-21(26)15-20;/h4-10,15,23,27H,2-3,11-14,16-18H2,1H3;1H. The van der Waals surface area contributed by atoms with E-state index < -0.39 is 0 Å². The van der Waals surface area contributed by atoms with E-state index in [1.165, 1.54) is 18.4 Å². The molecule has 1 saturated carbocycles. The number of hydrogen-bond acceptors (Lipinski definition) is 3. The van der Waals surface area contributed by atoms with Crippen LogP contribution in [0.4, 0.5) is 5.69 Å². The molecule has 1 unspecified atom stereocenters. The minimum atomic E-state index is -0.0274. The number of halogens is 2. The topological polar surface area (TPSA) is 41.6 Å². The third kappa shape index (κ3) is 6.01. The van der Waals surface area contributed by atoms with Crippen LogP contribution in [0.1, 0.15) is 49.7 Å². The van der Waals surface area contributed by atoms with E-state index in [9.17, 15) is 4.79 Å². The predicted molar refractivity (Wildman–Crippen MR) is 129 cm³/mol. The highest BCUT2D eigenvalue weighted by Gasteiger charge is 2.42. The van der Waals surface area contributed by atoms with Gasteiger partial charge in [0.05, 0.1) is 12.1 Å². The summed E-state index contributed by atoms with van der Waals surface area (Å²) in [5, 5.41) is 4.02. The highest BCUT2D eigenvalue weighted by molar-refractivity contribution is 6.30. The summed E-state index contributed by atoms with van der Waals surface area (Å²) in [4.78, 5) is 15.4. The molecule has 0 bridgehead atoms. The first-order chi connectivity index (χ1) is 14.5. The zero-order valence-corrected chi connectivity index (χ0v) is 19.7. The van der Waals surface area contributed by atoms with Gasteiger partial charge in [0.2, 0.25) is 5.91 Å². The lowest BCUT2D eigenvalue weighted by Crippen LogP contribution is -2.51. The number of nitrogens with zero attached hydrogens (tertiary/aromatic N) is 1. The Bertz CT molecular complexity index is 866. The average Bonchev–Trinajstić information content (AvgIpc) is 3.17. The van der Waals surface area contributed by atoms with Gasteiger partial charge in [0.15, 0.2) is 0 Å². The fraction of sp³-hybridized carbons (Fsp3) is 0.480. The second kappa shape index (κ2) is 10.8. The van der Waals surface area contributed by atoms with Crippen molar-refractivity contribution in [1.82, 2.24) is 5.32 Å². The van der Waals surface area contributed by atoms with E-state index in [4.69, 9.17) is 16.3 Å². The zero-order valence-electron chi connectivity index (χ0n) is 18.1. The van der Waals surface area contributed by atoms with Crippen LogP contribution in [0.15, 0.2) is 48.5 Å². The fourth-order valence-corrected chi connectivity index (χ4v) is 5.11. The second-order valence-corrected chi connectivity index (χ2v) is 9.15. The van der Waals surface area contributed by atoms with E-state index in [-0.39, 0.29) is 30.0 Å². The molecule has 1 saturated heterocycles. The Labute approximate surface area is 196 Å². The van der Waals surface area contributed by atoms with Crippen LogP contribution >= 0.6 is 24.0 Å². The summed E-state index contributed by atoms with van der Waals surface area (Å²) < 4.78 is 6.23. The number of amides is 1. The van der Waals surface area contributed by atoms with E-state index in [1.807, 2.05) is 29.2 Å². The number of carbonyl (C=O) groups excluding carboxylic acids is 1. The van der Waals surface area contributed by atoms with Crippen molar-refractivity contribution in [3.8, 4) is 0 Å². The number of hydrogen-bond donors (Lipinski definition) is 1. The van der Waals surface area contributed by atoms with Crippen LogP contribution in [-0.4, -0.2) is 30.7 Å². The van der Waals surface area contributed by atoms with Crippen LogP contribution in [0.3, 0.4) is 0 Å². The Hall–Kier alpha value is -1.59. The molecule has 0 aromatic heterocycles. The van der Waals surface area contributed by atoms with Crippen molar-refractivity contribution >= 4 is 35.6 Å². The van der Waals surface area contributed by atoms with Crippen molar-refractivity contribution in [3.63, 3.8) is 0 Å². The van der Waals surface area contributed by atoms with Crippen LogP contribution in [0, 0.1) is 6.92 Å². The van der Waals surface area contributed by atoms with Gasteiger partial charge < -0.3 is 15.0 Å². The van der Waals surface area contributed by atoms with Gasteiger partial charge >= 0.3 is 0 Å². The zero-order chi connectivity index (χ0) is 21.0. The number of nitrogens with one attached hydrogen (secondary N) is 1. The van der Waals surface area contributed by atoms with Gasteiger partial charge in [0.25, 0.3) is 0 Å². The number of anilines is 1. The molecule has 1 N–H and O–H groups in total. The number of ether oxygens (including phenoxy) is 1. The average molecular weight is 463 g/mol. The van der Waals surface area contributed by atoms with Gasteiger partial charge in [-0.25, -0.2) is 0 Å². The molecule has 1 aliphatic heterocycles. The SMILES string of the molecule is Cc1ccc(N(C(=O)CNCc2cccc(Cl)c2)C2CCOC3(CCCC3)C2)cc1.Cl. The predicted octanol–water partition coefficient (Wildman–Crippen LogP) is 5.68. The summed E-state index contributed by atoms with van der Waals surface area (Å²) in [5.74, 6) is 0.112. The van der Waals surface area contributed by atoms with Gasteiger partial charge in [-0.1, -0.05) is 54.3 Å². The van der Waals surface area contributed by atoms with Gasteiger partial charge in [-0.05, 0) is 62.4 Å². The van der Waals surface area contributed by atoms with E-state index in [0.717, 1.165) is 43.5 Å². The number of aryl methyl sites for hydroxylation is 1. The molecule has 4 rings (SSSR count). The Balaban J connectivity index is 0.00000272. The Morgan fingerprint density at radius 3 is 2.65 bits per heavy atom. The normalized spacial score (nSPS) is 19.7. The van der Waals surface area contributed by atoms with E-state index in [1.54, 1.807) is 0 Å². The molecule has 2 aromatic carbocycles. The molecule has 1 spiro atoms. The molecule has 31 heavy (non-hydrogen) atoms. The lowest BCUT2D eigenvalue weighted by atomic mass is 9.87. The van der Waals surface area contributed by atoms with Crippen LogP contribution < -0.4 is 10.2 Å². The second-order valence-electron chi connectivity index (χ2n) is 8.72. The maximum atomic E-state index is 13.4. The van der Waals surface area contributed by atoms with Gasteiger partial charge in [0, 0.05) is 29.9 Å². The quantitative estimate of drug-likeness (QED) is 0.599.